The first kappa shape index (κ1) is 90.1. The van der Waals surface area contributed by atoms with Gasteiger partial charge in [-0.25, -0.2) is 0 Å². The van der Waals surface area contributed by atoms with Gasteiger partial charge in [-0.05, 0) is 188 Å². The van der Waals surface area contributed by atoms with Gasteiger partial charge in [0, 0.05) is 79.7 Å². The highest BCUT2D eigenvalue weighted by molar-refractivity contribution is 5.69. The summed E-state index contributed by atoms with van der Waals surface area (Å²) in [7, 11) is 2.00. The zero-order valence-corrected chi connectivity index (χ0v) is 61.0. The Morgan fingerprint density at radius 2 is 0.306 bits per heavy atom. The molecule has 0 saturated heterocycles. The average molecular weight is 1470 g/mol. The number of hydrogen-bond donors (Lipinski definition) is 18. The molecular weight excluding hydrogens is 1370 g/mol. The number of rotatable bonds is 18. The highest BCUT2D eigenvalue weighted by Gasteiger charge is 2.05. The Labute approximate surface area is 632 Å². The number of nitrogens with zero attached hydrogens (tertiary/aromatic N) is 2. The summed E-state index contributed by atoms with van der Waals surface area (Å²) in [5.41, 5.74) is 41.1. The quantitative estimate of drug-likeness (QED) is 0.0380. The smallest absolute Gasteiger partial charge is 0.115 e. The predicted octanol–water partition coefficient (Wildman–Crippen LogP) is 9.44. The summed E-state index contributed by atoms with van der Waals surface area (Å²) < 4.78 is 0. The molecule has 0 unspecified atom stereocenters. The van der Waals surface area contributed by atoms with E-state index in [2.05, 4.69) is 21.3 Å². The lowest BCUT2D eigenvalue weighted by Gasteiger charge is -2.17. The SMILES string of the molecule is CO.CO.NCCN(CCN)CC[NH3+].NCCN(CCN)CC[NH3+].Oc1ccc(-c2ccc(O)cc2)cc1.Oc1ccc(-c2ccc(O)cc2)cc1.Oc1ccc(-c2ccc(O)cc2)cc1.Oc1ccc(-c2ccc(O)cc2)cc1.Oc1ccc(-c2ccc(O)cc2)cc1.[O-]c1ccc(-c2ccc([O-])cc2)cc1. The standard InChI is InChI=1S/6C12H10O2.2C6H18N4.2CH4O/c6*13-11-5-1-9(2-6-11)10-3-7-12(14)8-4-10;2*7-1-4-10(5-2-8)6-3-9;2*1-2/h6*1-8,13-14H;2*1-9H2;2*2H,1H3. The summed E-state index contributed by atoms with van der Waals surface area (Å²) in [6.45, 7) is 10.5. The lowest BCUT2D eigenvalue weighted by atomic mass is 10.1. The molecule has 0 spiro atoms. The fourth-order valence-corrected chi connectivity index (χ4v) is 9.68. The summed E-state index contributed by atoms with van der Waals surface area (Å²) >= 11 is 0. The number of aliphatic hydroxyl groups is 2. The van der Waals surface area contributed by atoms with Crippen LogP contribution in [-0.2, 0) is 0 Å². The summed E-state index contributed by atoms with van der Waals surface area (Å²) in [6, 6.07) is 82.6. The number of quaternary nitrogens is 2. The van der Waals surface area contributed by atoms with E-state index in [1.165, 1.54) is 24.3 Å². The third kappa shape index (κ3) is 36.0. The van der Waals surface area contributed by atoms with Gasteiger partial charge in [-0.2, -0.15) is 0 Å². The number of phenols is 10. The van der Waals surface area contributed by atoms with Crippen molar-refractivity contribution >= 4 is 0 Å². The molecule has 22 heteroatoms. The monoisotopic (exact) mass is 1470 g/mol. The van der Waals surface area contributed by atoms with Gasteiger partial charge in [0.1, 0.15) is 57.5 Å². The third-order valence-electron chi connectivity index (χ3n) is 15.1. The lowest BCUT2D eigenvalue weighted by molar-refractivity contribution is -0.369. The lowest BCUT2D eigenvalue weighted by Crippen LogP contribution is -2.55. The Balaban J connectivity index is 0.000000319. The van der Waals surface area contributed by atoms with Crippen molar-refractivity contribution in [1.29, 1.82) is 0 Å². The molecule has 0 radical (unpaired) electrons. The zero-order valence-electron chi connectivity index (χ0n) is 61.0. The Hall–Kier alpha value is -12.2. The first-order valence-electron chi connectivity index (χ1n) is 34.4. The van der Waals surface area contributed by atoms with Gasteiger partial charge in [0.25, 0.3) is 0 Å². The topological polar surface area (TPSA) is 455 Å². The van der Waals surface area contributed by atoms with Crippen molar-refractivity contribution in [2.75, 3.05) is 92.8 Å². The van der Waals surface area contributed by atoms with E-state index in [1.807, 2.05) is 121 Å². The Morgan fingerprint density at radius 3 is 0.398 bits per heavy atom. The summed E-state index contributed by atoms with van der Waals surface area (Å²) in [5, 5.41) is 127. The second kappa shape index (κ2) is 52.7. The van der Waals surface area contributed by atoms with Crippen molar-refractivity contribution < 1.29 is 83.0 Å². The van der Waals surface area contributed by atoms with E-state index < -0.39 is 0 Å². The molecule has 0 saturated carbocycles. The highest BCUT2D eigenvalue weighted by atomic mass is 16.3. The fourth-order valence-electron chi connectivity index (χ4n) is 9.68. The van der Waals surface area contributed by atoms with Crippen LogP contribution in [-0.4, -0.2) is 164 Å². The van der Waals surface area contributed by atoms with E-state index in [4.69, 9.17) is 84.2 Å². The molecule has 12 aromatic rings. The van der Waals surface area contributed by atoms with Crippen LogP contribution in [0.4, 0.5) is 0 Å². The van der Waals surface area contributed by atoms with Crippen LogP contribution in [0.3, 0.4) is 0 Å². The van der Waals surface area contributed by atoms with Gasteiger partial charge < -0.3 is 106 Å². The maximum atomic E-state index is 10.9. The number of hydrogen-bond acceptors (Lipinski definition) is 20. The van der Waals surface area contributed by atoms with Crippen molar-refractivity contribution in [3.8, 4) is 136 Å². The first-order valence-corrected chi connectivity index (χ1v) is 34.4. The Bertz CT molecular complexity index is 3250. The van der Waals surface area contributed by atoms with Crippen molar-refractivity contribution in [1.82, 2.24) is 9.80 Å². The minimum absolute atomic E-state index is 0.00537. The van der Waals surface area contributed by atoms with E-state index in [0.29, 0.717) is 26.2 Å². The molecular formula is C86H104N8O14. The second-order valence-corrected chi connectivity index (χ2v) is 23.1. The average Bonchev–Trinajstić information content (AvgIpc) is 0.899. The van der Waals surface area contributed by atoms with Crippen LogP contribution < -0.4 is 44.6 Å². The van der Waals surface area contributed by atoms with Gasteiger partial charge in [-0.15, -0.1) is 11.5 Å². The van der Waals surface area contributed by atoms with Crippen LogP contribution in [0.25, 0.3) is 66.8 Å². The minimum atomic E-state index is -0.00537. The maximum Gasteiger partial charge on any atom is 0.115 e. The summed E-state index contributed by atoms with van der Waals surface area (Å²) in [6.07, 6.45) is 0. The molecule has 0 bridgehead atoms. The molecule has 22 nitrogen and oxygen atoms in total. The van der Waals surface area contributed by atoms with Crippen molar-refractivity contribution in [2.45, 2.75) is 0 Å². The van der Waals surface area contributed by atoms with Crippen LogP contribution >= 0.6 is 0 Å². The van der Waals surface area contributed by atoms with Gasteiger partial charge >= 0.3 is 0 Å². The normalized spacial score (nSPS) is 9.89. The number of aromatic hydroxyl groups is 10. The molecule has 26 N–H and O–H groups in total. The Morgan fingerprint density at radius 1 is 0.204 bits per heavy atom. The van der Waals surface area contributed by atoms with E-state index in [9.17, 15) is 10.2 Å². The zero-order chi connectivity index (χ0) is 79.4. The molecule has 0 heterocycles. The second-order valence-electron chi connectivity index (χ2n) is 23.1. The van der Waals surface area contributed by atoms with E-state index in [1.54, 1.807) is 146 Å². The molecule has 0 aromatic heterocycles. The van der Waals surface area contributed by atoms with E-state index in [-0.39, 0.29) is 69.0 Å². The summed E-state index contributed by atoms with van der Waals surface area (Å²) in [4.78, 5) is 4.46. The summed E-state index contributed by atoms with van der Waals surface area (Å²) in [5.74, 6) is 2.56. The largest absolute Gasteiger partial charge is 0.872 e. The number of phenolic OH excluding ortho intramolecular Hbond substituents is 10. The third-order valence-corrected chi connectivity index (χ3v) is 15.1. The van der Waals surface area contributed by atoms with Crippen molar-refractivity contribution in [2.24, 2.45) is 22.9 Å². The van der Waals surface area contributed by atoms with Gasteiger partial charge in [0.15, 0.2) is 0 Å². The van der Waals surface area contributed by atoms with Gasteiger partial charge in [-0.1, -0.05) is 170 Å². The van der Waals surface area contributed by atoms with Gasteiger partial charge in [0.05, 0.1) is 13.1 Å². The predicted molar refractivity (Wildman–Crippen MR) is 428 cm³/mol. The molecule has 0 atom stereocenters. The van der Waals surface area contributed by atoms with Gasteiger partial charge in [0.2, 0.25) is 0 Å². The molecule has 0 aliphatic heterocycles. The van der Waals surface area contributed by atoms with Crippen LogP contribution in [0.1, 0.15) is 0 Å². The molecule has 572 valence electrons. The molecule has 0 aliphatic rings. The number of aliphatic hydroxyl groups excluding tert-OH is 2. The molecule has 12 aromatic carbocycles. The van der Waals surface area contributed by atoms with E-state index in [0.717, 1.165) is 133 Å². The Kier molecular flexibility index (Phi) is 44.0. The molecule has 108 heavy (non-hydrogen) atoms. The molecule has 0 aliphatic carbocycles. The molecule has 0 amide bonds. The number of benzene rings is 12. The van der Waals surface area contributed by atoms with Crippen molar-refractivity contribution in [3.05, 3.63) is 291 Å². The van der Waals surface area contributed by atoms with E-state index >= 15 is 0 Å². The van der Waals surface area contributed by atoms with Crippen molar-refractivity contribution in [3.63, 3.8) is 0 Å². The van der Waals surface area contributed by atoms with Crippen LogP contribution in [0, 0.1) is 0 Å². The van der Waals surface area contributed by atoms with Crippen LogP contribution in [0.15, 0.2) is 291 Å². The molecule has 0 fully saturated rings. The van der Waals surface area contributed by atoms with Crippen LogP contribution in [0.2, 0.25) is 0 Å². The van der Waals surface area contributed by atoms with Crippen LogP contribution in [0.5, 0.6) is 69.0 Å². The number of nitrogens with two attached hydrogens (primary N) is 4. The van der Waals surface area contributed by atoms with Gasteiger partial charge in [-0.3, -0.25) is 9.80 Å². The highest BCUT2D eigenvalue weighted by Crippen LogP contribution is 2.29. The maximum absolute atomic E-state index is 10.9. The molecule has 12 rings (SSSR count). The minimum Gasteiger partial charge on any atom is -0.872 e. The first-order chi connectivity index (χ1) is 52.2. The fraction of sp³-hybridized carbons (Fsp3) is 0.163.